The average molecular weight is 250 g/mol. The van der Waals surface area contributed by atoms with Crippen LogP contribution in [0, 0.1) is 0 Å². The molecule has 1 fully saturated rings. The van der Waals surface area contributed by atoms with Gasteiger partial charge >= 0.3 is 0 Å². The molecule has 3 nitrogen and oxygen atoms in total. The molecule has 0 unspecified atom stereocenters. The van der Waals surface area contributed by atoms with Crippen LogP contribution >= 0.6 is 0 Å². The van der Waals surface area contributed by atoms with Crippen LogP contribution in [-0.4, -0.2) is 23.9 Å². The van der Waals surface area contributed by atoms with E-state index >= 15 is 0 Å². The fourth-order valence-electron chi connectivity index (χ4n) is 2.26. The molecule has 0 aromatic heterocycles. The number of ether oxygens (including phenoxy) is 2. The van der Waals surface area contributed by atoms with E-state index in [1.54, 1.807) is 0 Å². The molecule has 0 heterocycles. The molecule has 0 saturated heterocycles. The predicted molar refractivity (Wildman–Crippen MR) is 71.1 cm³/mol. The summed E-state index contributed by atoms with van der Waals surface area (Å²) in [5, 5.41) is 9.93. The van der Waals surface area contributed by atoms with Gasteiger partial charge in [-0.1, -0.05) is 25.5 Å². The molecular weight excluding hydrogens is 228 g/mol. The van der Waals surface area contributed by atoms with Crippen molar-refractivity contribution in [3.63, 3.8) is 0 Å². The van der Waals surface area contributed by atoms with Crippen molar-refractivity contribution in [2.24, 2.45) is 0 Å². The molecule has 0 bridgehead atoms. The van der Waals surface area contributed by atoms with E-state index in [1.807, 2.05) is 24.3 Å². The van der Waals surface area contributed by atoms with Crippen molar-refractivity contribution in [1.29, 1.82) is 0 Å². The molecule has 0 amide bonds. The van der Waals surface area contributed by atoms with Crippen LogP contribution in [0.15, 0.2) is 24.3 Å². The molecule has 2 atom stereocenters. The first-order chi connectivity index (χ1) is 8.81. The summed E-state index contributed by atoms with van der Waals surface area (Å²) in [6.45, 7) is 2.77. The second kappa shape index (κ2) is 6.64. The van der Waals surface area contributed by atoms with Crippen LogP contribution in [0.4, 0.5) is 0 Å². The lowest BCUT2D eigenvalue weighted by molar-refractivity contribution is 0.00539. The molecule has 1 saturated carbocycles. The number of hydrogen-bond acceptors (Lipinski definition) is 3. The van der Waals surface area contributed by atoms with Crippen molar-refractivity contribution in [2.75, 3.05) is 6.61 Å². The number of aliphatic hydroxyl groups excluding tert-OH is 1. The summed E-state index contributed by atoms with van der Waals surface area (Å²) in [6, 6.07) is 7.70. The van der Waals surface area contributed by atoms with Gasteiger partial charge in [-0.15, -0.1) is 0 Å². The Morgan fingerprint density at radius 1 is 1.17 bits per heavy atom. The van der Waals surface area contributed by atoms with Gasteiger partial charge in [-0.3, -0.25) is 0 Å². The van der Waals surface area contributed by atoms with Crippen LogP contribution in [0.25, 0.3) is 0 Å². The molecule has 0 aliphatic heterocycles. The molecule has 0 spiro atoms. The number of hydrogen-bond donors (Lipinski definition) is 1. The van der Waals surface area contributed by atoms with E-state index in [9.17, 15) is 5.11 Å². The van der Waals surface area contributed by atoms with Gasteiger partial charge in [0.25, 0.3) is 0 Å². The van der Waals surface area contributed by atoms with Crippen molar-refractivity contribution >= 4 is 0 Å². The highest BCUT2D eigenvalue weighted by Crippen LogP contribution is 2.31. The van der Waals surface area contributed by atoms with Gasteiger partial charge in [0.05, 0.1) is 12.7 Å². The van der Waals surface area contributed by atoms with Crippen LogP contribution in [0.5, 0.6) is 11.5 Å². The maximum absolute atomic E-state index is 9.93. The first-order valence-electron chi connectivity index (χ1n) is 6.88. The molecule has 1 N–H and O–H groups in total. The number of rotatable bonds is 5. The maximum Gasteiger partial charge on any atom is 0.161 e. The molecule has 1 aliphatic rings. The average Bonchev–Trinajstić information content (AvgIpc) is 2.40. The van der Waals surface area contributed by atoms with Gasteiger partial charge in [0.2, 0.25) is 0 Å². The topological polar surface area (TPSA) is 38.7 Å². The van der Waals surface area contributed by atoms with Gasteiger partial charge in [0, 0.05) is 0 Å². The Bertz CT molecular complexity index is 365. The lowest BCUT2D eigenvalue weighted by Crippen LogP contribution is -2.34. The lowest BCUT2D eigenvalue weighted by atomic mass is 9.95. The van der Waals surface area contributed by atoms with Crippen LogP contribution < -0.4 is 9.47 Å². The van der Waals surface area contributed by atoms with Gasteiger partial charge < -0.3 is 14.6 Å². The molecular formula is C15H22O3. The highest BCUT2D eigenvalue weighted by Gasteiger charge is 2.25. The van der Waals surface area contributed by atoms with Crippen molar-refractivity contribution < 1.29 is 14.6 Å². The Hall–Kier alpha value is -1.22. The van der Waals surface area contributed by atoms with Crippen molar-refractivity contribution in [3.05, 3.63) is 24.3 Å². The van der Waals surface area contributed by atoms with Crippen molar-refractivity contribution in [2.45, 2.75) is 51.2 Å². The minimum absolute atomic E-state index is 0.0925. The highest BCUT2D eigenvalue weighted by atomic mass is 16.5. The largest absolute Gasteiger partial charge is 0.490 e. The van der Waals surface area contributed by atoms with Gasteiger partial charge in [-0.2, -0.15) is 0 Å². The van der Waals surface area contributed by atoms with E-state index in [-0.39, 0.29) is 12.2 Å². The molecule has 1 aromatic carbocycles. The molecule has 2 rings (SSSR count). The van der Waals surface area contributed by atoms with E-state index in [0.29, 0.717) is 6.61 Å². The summed E-state index contributed by atoms with van der Waals surface area (Å²) in [6.07, 6.45) is 4.50. The fraction of sp³-hybridized carbons (Fsp3) is 0.600. The SMILES string of the molecule is CCCOc1ccccc1O[C@@H]1CCCC[C@H]1O. The molecule has 1 aromatic rings. The highest BCUT2D eigenvalue weighted by molar-refractivity contribution is 5.39. The molecule has 100 valence electrons. The van der Waals surface area contributed by atoms with E-state index < -0.39 is 0 Å². The Labute approximate surface area is 109 Å². The maximum atomic E-state index is 9.93. The zero-order valence-corrected chi connectivity index (χ0v) is 11.0. The van der Waals surface area contributed by atoms with Gasteiger partial charge in [0.1, 0.15) is 6.10 Å². The quantitative estimate of drug-likeness (QED) is 0.872. The third-order valence-corrected chi connectivity index (χ3v) is 3.26. The van der Waals surface area contributed by atoms with Gasteiger partial charge in [0.15, 0.2) is 11.5 Å². The first-order valence-corrected chi connectivity index (χ1v) is 6.88. The Kier molecular flexibility index (Phi) is 4.88. The van der Waals surface area contributed by atoms with Crippen LogP contribution in [0.1, 0.15) is 39.0 Å². The van der Waals surface area contributed by atoms with Crippen molar-refractivity contribution in [3.8, 4) is 11.5 Å². The standard InChI is InChI=1S/C15H22O3/c1-2-11-17-14-9-5-6-10-15(14)18-13-8-4-3-7-12(13)16/h5-6,9-10,12-13,16H,2-4,7-8,11H2,1H3/t12-,13-/m1/s1. The summed E-state index contributed by atoms with van der Waals surface area (Å²) >= 11 is 0. The summed E-state index contributed by atoms with van der Waals surface area (Å²) in [4.78, 5) is 0. The van der Waals surface area contributed by atoms with Gasteiger partial charge in [-0.05, 0) is 37.8 Å². The number of benzene rings is 1. The lowest BCUT2D eigenvalue weighted by Gasteiger charge is -2.28. The fourth-order valence-corrected chi connectivity index (χ4v) is 2.26. The Morgan fingerprint density at radius 2 is 1.89 bits per heavy atom. The zero-order valence-electron chi connectivity index (χ0n) is 11.0. The van der Waals surface area contributed by atoms with Gasteiger partial charge in [-0.25, -0.2) is 0 Å². The third kappa shape index (κ3) is 3.39. The third-order valence-electron chi connectivity index (χ3n) is 3.26. The van der Waals surface area contributed by atoms with E-state index in [1.165, 1.54) is 0 Å². The Morgan fingerprint density at radius 3 is 2.61 bits per heavy atom. The monoisotopic (exact) mass is 250 g/mol. The number of aliphatic hydroxyl groups is 1. The van der Waals surface area contributed by atoms with Crippen LogP contribution in [0.3, 0.4) is 0 Å². The first kappa shape index (κ1) is 13.2. The normalized spacial score (nSPS) is 23.7. The molecule has 3 heteroatoms. The minimum Gasteiger partial charge on any atom is -0.490 e. The van der Waals surface area contributed by atoms with E-state index in [2.05, 4.69) is 6.92 Å². The zero-order chi connectivity index (χ0) is 12.8. The summed E-state index contributed by atoms with van der Waals surface area (Å²) in [5.74, 6) is 1.52. The molecule has 0 radical (unpaired) electrons. The second-order valence-electron chi connectivity index (χ2n) is 4.80. The summed E-state index contributed by atoms with van der Waals surface area (Å²) in [5.41, 5.74) is 0. The van der Waals surface area contributed by atoms with E-state index in [0.717, 1.165) is 43.6 Å². The summed E-state index contributed by atoms with van der Waals surface area (Å²) < 4.78 is 11.6. The minimum atomic E-state index is -0.349. The Balaban J connectivity index is 2.03. The van der Waals surface area contributed by atoms with Crippen molar-refractivity contribution in [1.82, 2.24) is 0 Å². The number of para-hydroxylation sites is 2. The second-order valence-corrected chi connectivity index (χ2v) is 4.80. The van der Waals surface area contributed by atoms with Crippen LogP contribution in [-0.2, 0) is 0 Å². The molecule has 1 aliphatic carbocycles. The van der Waals surface area contributed by atoms with E-state index in [4.69, 9.17) is 9.47 Å². The summed E-state index contributed by atoms with van der Waals surface area (Å²) in [7, 11) is 0. The predicted octanol–water partition coefficient (Wildman–Crippen LogP) is 3.16. The van der Waals surface area contributed by atoms with Crippen LogP contribution in [0.2, 0.25) is 0 Å². The molecule has 18 heavy (non-hydrogen) atoms. The smallest absolute Gasteiger partial charge is 0.161 e.